The Labute approximate surface area is 114 Å². The summed E-state index contributed by atoms with van der Waals surface area (Å²) in [6.45, 7) is 3.88. The van der Waals surface area contributed by atoms with Gasteiger partial charge in [0.2, 0.25) is 5.91 Å². The lowest BCUT2D eigenvalue weighted by molar-refractivity contribution is -0.116. The van der Waals surface area contributed by atoms with Crippen LogP contribution >= 0.6 is 0 Å². The highest BCUT2D eigenvalue weighted by Crippen LogP contribution is 2.11. The fraction of sp³-hybridized carbons (Fsp3) is 0.467. The number of carbonyl (C=O) groups is 1. The monoisotopic (exact) mass is 262 g/mol. The fourth-order valence-electron chi connectivity index (χ4n) is 1.79. The summed E-state index contributed by atoms with van der Waals surface area (Å²) in [7, 11) is 0. The second-order valence-corrected chi connectivity index (χ2v) is 4.62. The molecule has 0 radical (unpaired) electrons. The van der Waals surface area contributed by atoms with E-state index in [1.165, 1.54) is 12.8 Å². The first-order valence-electron chi connectivity index (χ1n) is 6.76. The van der Waals surface area contributed by atoms with Gasteiger partial charge in [0, 0.05) is 12.1 Å². The van der Waals surface area contributed by atoms with E-state index in [2.05, 4.69) is 17.4 Å². The lowest BCUT2D eigenvalue weighted by Gasteiger charge is -2.06. The van der Waals surface area contributed by atoms with Crippen molar-refractivity contribution in [1.29, 1.82) is 0 Å². The first kappa shape index (κ1) is 15.2. The van der Waals surface area contributed by atoms with Gasteiger partial charge < -0.3 is 10.5 Å². The van der Waals surface area contributed by atoms with Crippen molar-refractivity contribution in [1.82, 2.24) is 0 Å². The van der Waals surface area contributed by atoms with Crippen LogP contribution in [0.4, 0.5) is 5.69 Å². The molecule has 0 aliphatic carbocycles. The summed E-state index contributed by atoms with van der Waals surface area (Å²) in [6.07, 6.45) is 4.97. The molecule has 0 aromatic heterocycles. The van der Waals surface area contributed by atoms with E-state index >= 15 is 0 Å². The van der Waals surface area contributed by atoms with E-state index in [4.69, 9.17) is 5.21 Å². The van der Waals surface area contributed by atoms with Crippen LogP contribution in [0.15, 0.2) is 29.4 Å². The molecule has 0 aliphatic heterocycles. The van der Waals surface area contributed by atoms with Gasteiger partial charge in [-0.3, -0.25) is 4.79 Å². The maximum atomic E-state index is 11.7. The smallest absolute Gasteiger partial charge is 0.224 e. The molecule has 4 nitrogen and oxygen atoms in total. The van der Waals surface area contributed by atoms with Crippen molar-refractivity contribution in [3.63, 3.8) is 0 Å². The van der Waals surface area contributed by atoms with Crippen molar-refractivity contribution >= 4 is 17.3 Å². The third-order valence-electron chi connectivity index (χ3n) is 2.99. The molecule has 1 amide bonds. The Balaban J connectivity index is 2.42. The maximum absolute atomic E-state index is 11.7. The molecule has 0 spiro atoms. The Kier molecular flexibility index (Phi) is 6.64. The molecule has 104 valence electrons. The molecular weight excluding hydrogens is 240 g/mol. The van der Waals surface area contributed by atoms with E-state index in [-0.39, 0.29) is 5.91 Å². The van der Waals surface area contributed by atoms with Crippen LogP contribution in [0.3, 0.4) is 0 Å². The lowest BCUT2D eigenvalue weighted by Crippen LogP contribution is -2.11. The van der Waals surface area contributed by atoms with E-state index in [9.17, 15) is 4.79 Å². The summed E-state index contributed by atoms with van der Waals surface area (Å²) in [4.78, 5) is 11.7. The van der Waals surface area contributed by atoms with Gasteiger partial charge in [0.1, 0.15) is 0 Å². The van der Waals surface area contributed by atoms with Gasteiger partial charge in [-0.1, -0.05) is 43.5 Å². The van der Waals surface area contributed by atoms with Crippen molar-refractivity contribution < 1.29 is 10.0 Å². The summed E-state index contributed by atoms with van der Waals surface area (Å²) in [5.74, 6) is 0.0522. The Morgan fingerprint density at radius 3 is 2.47 bits per heavy atom. The predicted molar refractivity (Wildman–Crippen MR) is 77.8 cm³/mol. The first-order chi connectivity index (χ1) is 9.17. The van der Waals surface area contributed by atoms with Crippen molar-refractivity contribution in [2.24, 2.45) is 5.16 Å². The second-order valence-electron chi connectivity index (χ2n) is 4.62. The highest BCUT2D eigenvalue weighted by Gasteiger charge is 2.03. The zero-order valence-corrected chi connectivity index (χ0v) is 11.6. The van der Waals surface area contributed by atoms with Crippen LogP contribution in [0.25, 0.3) is 0 Å². The molecule has 0 aliphatic rings. The number of hydrogen-bond donors (Lipinski definition) is 2. The van der Waals surface area contributed by atoms with Crippen molar-refractivity contribution in [3.05, 3.63) is 29.8 Å². The third-order valence-corrected chi connectivity index (χ3v) is 2.99. The van der Waals surface area contributed by atoms with Crippen LogP contribution in [0, 0.1) is 0 Å². The quantitative estimate of drug-likeness (QED) is 0.340. The maximum Gasteiger partial charge on any atom is 0.224 e. The summed E-state index contributed by atoms with van der Waals surface area (Å²) in [6, 6.07) is 7.27. The standard InChI is InChI=1S/C15H22N2O2/c1-3-4-5-6-7-15(18)16-14-10-8-13(9-11-14)12(2)17-19/h8-11,19H,3-7H2,1-2H3,(H,16,18)/b17-12+. The van der Waals surface area contributed by atoms with Crippen molar-refractivity contribution in [3.8, 4) is 0 Å². The number of carbonyl (C=O) groups excluding carboxylic acids is 1. The van der Waals surface area contributed by atoms with Gasteiger partial charge in [-0.05, 0) is 31.0 Å². The molecule has 1 aromatic rings. The molecular formula is C15H22N2O2. The predicted octanol–water partition coefficient (Wildman–Crippen LogP) is 3.79. The van der Waals surface area contributed by atoms with Crippen molar-refractivity contribution in [2.75, 3.05) is 5.32 Å². The van der Waals surface area contributed by atoms with E-state index in [0.29, 0.717) is 12.1 Å². The van der Waals surface area contributed by atoms with Gasteiger partial charge in [-0.2, -0.15) is 0 Å². The van der Waals surface area contributed by atoms with Crippen molar-refractivity contribution in [2.45, 2.75) is 46.0 Å². The molecule has 1 rings (SSSR count). The third kappa shape index (κ3) is 5.55. The van der Waals surface area contributed by atoms with Gasteiger partial charge in [-0.15, -0.1) is 0 Å². The average molecular weight is 262 g/mol. The molecule has 4 heteroatoms. The van der Waals surface area contributed by atoms with E-state index in [0.717, 1.165) is 24.1 Å². The number of oxime groups is 1. The minimum Gasteiger partial charge on any atom is -0.411 e. The number of nitrogens with zero attached hydrogens (tertiary/aromatic N) is 1. The molecule has 2 N–H and O–H groups in total. The molecule has 19 heavy (non-hydrogen) atoms. The summed E-state index contributed by atoms with van der Waals surface area (Å²) in [5, 5.41) is 14.7. The number of rotatable bonds is 7. The van der Waals surface area contributed by atoms with Crippen LogP contribution in [-0.2, 0) is 4.79 Å². The number of nitrogens with one attached hydrogen (secondary N) is 1. The number of benzene rings is 1. The number of hydrogen-bond acceptors (Lipinski definition) is 3. The highest BCUT2D eigenvalue weighted by molar-refractivity contribution is 5.99. The summed E-state index contributed by atoms with van der Waals surface area (Å²) < 4.78 is 0. The van der Waals surface area contributed by atoms with E-state index < -0.39 is 0 Å². The number of anilines is 1. The second kappa shape index (κ2) is 8.29. The van der Waals surface area contributed by atoms with Gasteiger partial charge in [0.05, 0.1) is 5.71 Å². The van der Waals surface area contributed by atoms with Crippen LogP contribution < -0.4 is 5.32 Å². The Bertz CT molecular complexity index is 424. The minimum absolute atomic E-state index is 0.0522. The topological polar surface area (TPSA) is 61.7 Å². The molecule has 0 saturated heterocycles. The van der Waals surface area contributed by atoms with Crippen LogP contribution in [0.5, 0.6) is 0 Å². The lowest BCUT2D eigenvalue weighted by atomic mass is 10.1. The van der Waals surface area contributed by atoms with E-state index in [1.807, 2.05) is 24.3 Å². The SMILES string of the molecule is CCCCCCC(=O)Nc1ccc(/C(C)=N/O)cc1. The fourth-order valence-corrected chi connectivity index (χ4v) is 1.79. The Morgan fingerprint density at radius 2 is 1.89 bits per heavy atom. The van der Waals surface area contributed by atoms with E-state index in [1.54, 1.807) is 6.92 Å². The van der Waals surface area contributed by atoms with Crippen LogP contribution in [0.2, 0.25) is 0 Å². The normalized spacial score (nSPS) is 11.4. The number of amides is 1. The molecule has 0 unspecified atom stereocenters. The molecule has 0 heterocycles. The van der Waals surface area contributed by atoms with Crippen LogP contribution in [0.1, 0.15) is 51.5 Å². The summed E-state index contributed by atoms with van der Waals surface area (Å²) >= 11 is 0. The average Bonchev–Trinajstić information content (AvgIpc) is 2.43. The Hall–Kier alpha value is -1.84. The molecule has 0 bridgehead atoms. The largest absolute Gasteiger partial charge is 0.411 e. The highest BCUT2D eigenvalue weighted by atomic mass is 16.4. The molecule has 0 saturated carbocycles. The minimum atomic E-state index is 0.0522. The van der Waals surface area contributed by atoms with Gasteiger partial charge >= 0.3 is 0 Å². The zero-order chi connectivity index (χ0) is 14.1. The molecule has 1 aromatic carbocycles. The zero-order valence-electron chi connectivity index (χ0n) is 11.6. The molecule has 0 fully saturated rings. The summed E-state index contributed by atoms with van der Waals surface area (Å²) in [5.41, 5.74) is 2.16. The number of unbranched alkanes of at least 4 members (excludes halogenated alkanes) is 3. The van der Waals surface area contributed by atoms with Gasteiger partial charge in [-0.25, -0.2) is 0 Å². The first-order valence-corrected chi connectivity index (χ1v) is 6.76. The van der Waals surface area contributed by atoms with Gasteiger partial charge in [0.15, 0.2) is 0 Å². The molecule has 0 atom stereocenters. The van der Waals surface area contributed by atoms with Crippen LogP contribution in [-0.4, -0.2) is 16.8 Å². The van der Waals surface area contributed by atoms with Gasteiger partial charge in [0.25, 0.3) is 0 Å². The Morgan fingerprint density at radius 1 is 1.21 bits per heavy atom.